The van der Waals surface area contributed by atoms with Crippen molar-refractivity contribution in [3.63, 3.8) is 0 Å². The van der Waals surface area contributed by atoms with Gasteiger partial charge in [0.2, 0.25) is 16.0 Å². The van der Waals surface area contributed by atoms with E-state index in [1.54, 1.807) is 4.90 Å². The molecule has 1 atom stereocenters. The van der Waals surface area contributed by atoms with Crippen molar-refractivity contribution in [1.29, 1.82) is 5.26 Å². The van der Waals surface area contributed by atoms with E-state index in [0.717, 1.165) is 12.8 Å². The van der Waals surface area contributed by atoms with E-state index in [9.17, 15) is 18.5 Å². The van der Waals surface area contributed by atoms with Gasteiger partial charge in [0.15, 0.2) is 0 Å². The molecule has 1 unspecified atom stereocenters. The van der Waals surface area contributed by atoms with Crippen LogP contribution in [0.1, 0.15) is 31.4 Å². The summed E-state index contributed by atoms with van der Waals surface area (Å²) in [7, 11) is 2.08. The molecule has 2 heterocycles. The Morgan fingerprint density at radius 3 is 2.68 bits per heavy atom. The minimum atomic E-state index is -3.45. The number of rotatable bonds is 7. The molecule has 0 spiro atoms. The normalized spacial score (nSPS) is 22.0. The lowest BCUT2D eigenvalue weighted by molar-refractivity contribution is 0.233. The number of nitrogens with zero attached hydrogens (tertiary/aromatic N) is 5. The van der Waals surface area contributed by atoms with Crippen molar-refractivity contribution >= 4 is 16.0 Å². The van der Waals surface area contributed by atoms with Crippen molar-refractivity contribution in [3.05, 3.63) is 22.1 Å². The first kappa shape index (κ1) is 20.8. The third kappa shape index (κ3) is 4.37. The highest BCUT2D eigenvalue weighted by atomic mass is 32.2. The molecule has 1 saturated heterocycles. The van der Waals surface area contributed by atoms with Gasteiger partial charge in [-0.1, -0.05) is 6.42 Å². The molecule has 0 amide bonds. The highest BCUT2D eigenvalue weighted by Crippen LogP contribution is 2.42. The van der Waals surface area contributed by atoms with Crippen LogP contribution in [-0.2, 0) is 16.6 Å². The lowest BCUT2D eigenvalue weighted by Crippen LogP contribution is -2.43. The fourth-order valence-electron chi connectivity index (χ4n) is 3.83. The van der Waals surface area contributed by atoms with Gasteiger partial charge in [0.25, 0.3) is 5.56 Å². The minimum absolute atomic E-state index is 0.0538. The van der Waals surface area contributed by atoms with E-state index in [4.69, 9.17) is 0 Å². The van der Waals surface area contributed by atoms with Gasteiger partial charge in [-0.3, -0.25) is 14.7 Å². The second-order valence-corrected chi connectivity index (χ2v) is 10.1. The van der Waals surface area contributed by atoms with E-state index in [1.165, 1.54) is 10.4 Å². The highest BCUT2D eigenvalue weighted by molar-refractivity contribution is 7.89. The Labute approximate surface area is 166 Å². The van der Waals surface area contributed by atoms with E-state index < -0.39 is 15.4 Å². The first-order valence-corrected chi connectivity index (χ1v) is 11.1. The smallest absolute Gasteiger partial charge is 0.252 e. The summed E-state index contributed by atoms with van der Waals surface area (Å²) in [5.41, 5.74) is -0.255. The third-order valence-electron chi connectivity index (χ3n) is 5.77. The number of aromatic amines is 1. The summed E-state index contributed by atoms with van der Waals surface area (Å²) in [5, 5.41) is 9.35. The van der Waals surface area contributed by atoms with Gasteiger partial charge in [0.1, 0.15) is 0 Å². The molecule has 10 heteroatoms. The maximum absolute atomic E-state index is 12.8. The molecule has 1 aliphatic carbocycles. The highest BCUT2D eigenvalue weighted by Gasteiger charge is 2.44. The standard InChI is InChI=1S/C18H28N6O3S/c1-22(2)17-20-14(9-16(25)21-17)10-23(3)15-5-8-24(11-15)28(26,27)13-18(12-19)6-4-7-18/h9,15H,4-8,10-11,13H2,1-3H3,(H,20,21,25). The van der Waals surface area contributed by atoms with E-state index in [2.05, 4.69) is 16.0 Å². The molecule has 0 aromatic carbocycles. The molecule has 0 radical (unpaired) electrons. The van der Waals surface area contributed by atoms with Gasteiger partial charge in [0, 0.05) is 45.8 Å². The first-order chi connectivity index (χ1) is 13.1. The van der Waals surface area contributed by atoms with Crippen LogP contribution >= 0.6 is 0 Å². The second-order valence-electron chi connectivity index (χ2n) is 8.17. The summed E-state index contributed by atoms with van der Waals surface area (Å²) in [6.07, 6.45) is 2.98. The van der Waals surface area contributed by atoms with Crippen LogP contribution in [0.4, 0.5) is 5.95 Å². The Hall–Kier alpha value is -1.96. The van der Waals surface area contributed by atoms with Gasteiger partial charge in [0.05, 0.1) is 22.9 Å². The summed E-state index contributed by atoms with van der Waals surface area (Å²) >= 11 is 0. The van der Waals surface area contributed by atoms with E-state index in [0.29, 0.717) is 44.1 Å². The van der Waals surface area contributed by atoms with Crippen LogP contribution in [0.15, 0.2) is 10.9 Å². The van der Waals surface area contributed by atoms with Gasteiger partial charge in [-0.15, -0.1) is 0 Å². The van der Waals surface area contributed by atoms with E-state index >= 15 is 0 Å². The molecular weight excluding hydrogens is 380 g/mol. The molecule has 2 aliphatic rings. The first-order valence-electron chi connectivity index (χ1n) is 9.51. The van der Waals surface area contributed by atoms with Crippen LogP contribution in [0.2, 0.25) is 0 Å². The van der Waals surface area contributed by atoms with Gasteiger partial charge < -0.3 is 4.90 Å². The summed E-state index contributed by atoms with van der Waals surface area (Å²) in [6, 6.07) is 3.75. The van der Waals surface area contributed by atoms with E-state index in [1.807, 2.05) is 26.0 Å². The van der Waals surface area contributed by atoms with Crippen molar-refractivity contribution in [2.75, 3.05) is 44.9 Å². The number of likely N-dealkylation sites (N-methyl/N-ethyl adjacent to an activating group) is 1. The SMILES string of the molecule is CN(C)c1nc(CN(C)C2CCN(S(=O)(=O)CC3(C#N)CCC3)C2)cc(=O)[nH]1. The van der Waals surface area contributed by atoms with Gasteiger partial charge in [-0.2, -0.15) is 5.26 Å². The van der Waals surface area contributed by atoms with Crippen molar-refractivity contribution in [1.82, 2.24) is 19.2 Å². The monoisotopic (exact) mass is 408 g/mol. The molecule has 1 aromatic rings. The van der Waals surface area contributed by atoms with Gasteiger partial charge in [-0.05, 0) is 26.3 Å². The second kappa shape index (κ2) is 7.81. The molecule has 9 nitrogen and oxygen atoms in total. The number of hydrogen-bond acceptors (Lipinski definition) is 7. The Bertz CT molecular complexity index is 916. The summed E-state index contributed by atoms with van der Waals surface area (Å²) in [5.74, 6) is 0.420. The zero-order valence-corrected chi connectivity index (χ0v) is 17.5. The van der Waals surface area contributed by atoms with Gasteiger partial charge in [-0.25, -0.2) is 17.7 Å². The Balaban J connectivity index is 1.64. The molecule has 1 aromatic heterocycles. The molecule has 2 fully saturated rings. The quantitative estimate of drug-likeness (QED) is 0.693. The lowest BCUT2D eigenvalue weighted by atomic mass is 9.72. The van der Waals surface area contributed by atoms with Crippen molar-refractivity contribution in [2.24, 2.45) is 5.41 Å². The topological polar surface area (TPSA) is 113 Å². The van der Waals surface area contributed by atoms with Crippen LogP contribution in [0.25, 0.3) is 0 Å². The Kier molecular flexibility index (Phi) is 5.79. The fourth-order valence-corrected chi connectivity index (χ4v) is 5.84. The van der Waals surface area contributed by atoms with Crippen LogP contribution in [0.5, 0.6) is 0 Å². The number of hydrogen-bond donors (Lipinski definition) is 1. The fraction of sp³-hybridized carbons (Fsp3) is 0.722. The third-order valence-corrected chi connectivity index (χ3v) is 7.80. The number of sulfonamides is 1. The van der Waals surface area contributed by atoms with Crippen LogP contribution in [0.3, 0.4) is 0 Å². The summed E-state index contributed by atoms with van der Waals surface area (Å²) in [4.78, 5) is 22.8. The summed E-state index contributed by atoms with van der Waals surface area (Å²) in [6.45, 7) is 1.33. The number of aromatic nitrogens is 2. The number of nitriles is 1. The van der Waals surface area contributed by atoms with Crippen LogP contribution < -0.4 is 10.5 Å². The van der Waals surface area contributed by atoms with Crippen molar-refractivity contribution < 1.29 is 8.42 Å². The molecule has 1 saturated carbocycles. The predicted octanol–water partition coefficient (Wildman–Crippen LogP) is 0.366. The van der Waals surface area contributed by atoms with Crippen molar-refractivity contribution in [3.8, 4) is 6.07 Å². The summed E-state index contributed by atoms with van der Waals surface area (Å²) < 4.78 is 27.1. The Morgan fingerprint density at radius 2 is 2.11 bits per heavy atom. The average Bonchev–Trinajstić information content (AvgIpc) is 3.09. The van der Waals surface area contributed by atoms with Gasteiger partial charge >= 0.3 is 0 Å². The molecule has 3 rings (SSSR count). The van der Waals surface area contributed by atoms with Crippen LogP contribution in [-0.4, -0.2) is 73.6 Å². The average molecular weight is 409 g/mol. The minimum Gasteiger partial charge on any atom is -0.348 e. The van der Waals surface area contributed by atoms with E-state index in [-0.39, 0.29) is 17.4 Å². The maximum Gasteiger partial charge on any atom is 0.252 e. The molecule has 1 N–H and O–H groups in total. The number of nitrogens with one attached hydrogen (secondary N) is 1. The number of H-pyrrole nitrogens is 1. The molecule has 1 aliphatic heterocycles. The molecule has 0 bridgehead atoms. The zero-order chi connectivity index (χ0) is 20.5. The molecular formula is C18H28N6O3S. The largest absolute Gasteiger partial charge is 0.348 e. The zero-order valence-electron chi connectivity index (χ0n) is 16.7. The molecule has 28 heavy (non-hydrogen) atoms. The maximum atomic E-state index is 12.8. The predicted molar refractivity (Wildman–Crippen MR) is 106 cm³/mol. The lowest BCUT2D eigenvalue weighted by Gasteiger charge is -2.35. The van der Waals surface area contributed by atoms with Crippen molar-refractivity contribution in [2.45, 2.75) is 38.3 Å². The number of anilines is 1. The van der Waals surface area contributed by atoms with Crippen LogP contribution in [0, 0.1) is 16.7 Å². The Morgan fingerprint density at radius 1 is 1.39 bits per heavy atom. The molecule has 154 valence electrons.